The molecule has 9 N–H and O–H groups in total. The van der Waals surface area contributed by atoms with Crippen LogP contribution in [0.5, 0.6) is 0 Å². The smallest absolute Gasteiger partial charge is 0.326 e. The van der Waals surface area contributed by atoms with E-state index in [0.717, 1.165) is 0 Å². The largest absolute Gasteiger partial charge is 0.481 e. The number of carbonyl (C=O) groups excluding carboxylic acids is 3. The zero-order chi connectivity index (χ0) is 24.8. The lowest BCUT2D eigenvalue weighted by Gasteiger charge is -2.25. The van der Waals surface area contributed by atoms with Crippen LogP contribution in [0.2, 0.25) is 0 Å². The van der Waals surface area contributed by atoms with Gasteiger partial charge in [-0.3, -0.25) is 19.2 Å². The quantitative estimate of drug-likeness (QED) is 0.0950. The number of nitrogens with two attached hydrogens (primary N) is 2. The maximum Gasteiger partial charge on any atom is 0.326 e. The molecule has 0 aliphatic heterocycles. The lowest BCUT2D eigenvalue weighted by Crippen LogP contribution is -2.57. The second-order valence-electron chi connectivity index (χ2n) is 7.70. The molecule has 0 radical (unpaired) electrons. The SMILES string of the molecule is CC(C)C(NC(=O)C(CCC(=O)O)NC(=O)C(CCCCN)NC(=O)C(N)CS)C(=O)O. The van der Waals surface area contributed by atoms with Gasteiger partial charge in [0.2, 0.25) is 17.7 Å². The fraction of sp³-hybridized carbons (Fsp3) is 0.737. The van der Waals surface area contributed by atoms with Gasteiger partial charge in [0.15, 0.2) is 0 Å². The van der Waals surface area contributed by atoms with Gasteiger partial charge in [0.25, 0.3) is 0 Å². The van der Waals surface area contributed by atoms with Gasteiger partial charge in [-0.05, 0) is 38.1 Å². The van der Waals surface area contributed by atoms with Crippen LogP contribution in [0.15, 0.2) is 0 Å². The van der Waals surface area contributed by atoms with Crippen LogP contribution in [-0.2, 0) is 24.0 Å². The van der Waals surface area contributed by atoms with E-state index in [9.17, 15) is 29.1 Å². The number of carbonyl (C=O) groups is 5. The molecule has 0 saturated carbocycles. The van der Waals surface area contributed by atoms with Crippen LogP contribution in [0.4, 0.5) is 0 Å². The highest BCUT2D eigenvalue weighted by atomic mass is 32.1. The Morgan fingerprint density at radius 1 is 0.875 bits per heavy atom. The summed E-state index contributed by atoms with van der Waals surface area (Å²) >= 11 is 3.95. The number of carboxylic acids is 2. The van der Waals surface area contributed by atoms with E-state index in [2.05, 4.69) is 28.6 Å². The van der Waals surface area contributed by atoms with Gasteiger partial charge in [0, 0.05) is 12.2 Å². The van der Waals surface area contributed by atoms with Crippen molar-refractivity contribution in [2.75, 3.05) is 12.3 Å². The molecule has 0 aromatic heterocycles. The number of carboxylic acid groups (broad SMARTS) is 2. The average molecular weight is 478 g/mol. The zero-order valence-corrected chi connectivity index (χ0v) is 19.3. The van der Waals surface area contributed by atoms with Crippen LogP contribution in [0.3, 0.4) is 0 Å². The summed E-state index contributed by atoms with van der Waals surface area (Å²) in [5.74, 6) is -5.00. The topological polar surface area (TPSA) is 214 Å². The van der Waals surface area contributed by atoms with Crippen molar-refractivity contribution in [1.29, 1.82) is 0 Å². The molecule has 13 heteroatoms. The van der Waals surface area contributed by atoms with E-state index in [1.807, 2.05) is 0 Å². The zero-order valence-electron chi connectivity index (χ0n) is 18.4. The minimum absolute atomic E-state index is 0.0540. The molecular formula is C19H35N5O7S. The van der Waals surface area contributed by atoms with Crippen LogP contribution >= 0.6 is 12.6 Å². The summed E-state index contributed by atoms with van der Waals surface area (Å²) in [6, 6.07) is -4.52. The molecule has 0 heterocycles. The molecule has 32 heavy (non-hydrogen) atoms. The van der Waals surface area contributed by atoms with Crippen molar-refractivity contribution in [3.8, 4) is 0 Å². The molecule has 4 atom stereocenters. The third-order valence-corrected chi connectivity index (χ3v) is 5.02. The van der Waals surface area contributed by atoms with E-state index >= 15 is 0 Å². The van der Waals surface area contributed by atoms with Gasteiger partial charge in [0.05, 0.1) is 6.04 Å². The van der Waals surface area contributed by atoms with Crippen LogP contribution < -0.4 is 27.4 Å². The predicted molar refractivity (Wildman–Crippen MR) is 120 cm³/mol. The first-order valence-corrected chi connectivity index (χ1v) is 11.0. The number of rotatable bonds is 16. The molecule has 4 unspecified atom stereocenters. The van der Waals surface area contributed by atoms with E-state index in [4.69, 9.17) is 16.6 Å². The van der Waals surface area contributed by atoms with E-state index in [1.165, 1.54) is 0 Å². The number of thiol groups is 1. The molecule has 0 spiro atoms. The Balaban J connectivity index is 5.50. The molecule has 0 fully saturated rings. The summed E-state index contributed by atoms with van der Waals surface area (Å²) in [7, 11) is 0. The number of nitrogens with one attached hydrogen (secondary N) is 3. The van der Waals surface area contributed by atoms with Crippen molar-refractivity contribution < 1.29 is 34.2 Å². The van der Waals surface area contributed by atoms with Gasteiger partial charge < -0.3 is 37.6 Å². The Kier molecular flexibility index (Phi) is 14.3. The minimum atomic E-state index is -1.31. The van der Waals surface area contributed by atoms with Crippen molar-refractivity contribution in [2.45, 2.75) is 70.1 Å². The maximum atomic E-state index is 12.8. The Hall–Kier alpha value is -2.38. The Morgan fingerprint density at radius 3 is 1.88 bits per heavy atom. The molecule has 0 aromatic rings. The van der Waals surface area contributed by atoms with Gasteiger partial charge >= 0.3 is 11.9 Å². The molecule has 0 rings (SSSR count). The summed E-state index contributed by atoms with van der Waals surface area (Å²) in [6.45, 7) is 3.57. The molecular weight excluding hydrogens is 442 g/mol. The third-order valence-electron chi connectivity index (χ3n) is 4.62. The number of amides is 3. The maximum absolute atomic E-state index is 12.8. The molecule has 0 aliphatic carbocycles. The highest BCUT2D eigenvalue weighted by Crippen LogP contribution is 2.07. The third kappa shape index (κ3) is 11.3. The Bertz CT molecular complexity index is 662. The summed E-state index contributed by atoms with van der Waals surface area (Å²) in [5, 5.41) is 25.5. The fourth-order valence-corrected chi connectivity index (χ4v) is 2.87. The summed E-state index contributed by atoms with van der Waals surface area (Å²) in [5.41, 5.74) is 11.1. The second-order valence-corrected chi connectivity index (χ2v) is 8.06. The van der Waals surface area contributed by atoms with E-state index < -0.39 is 66.2 Å². The summed E-state index contributed by atoms with van der Waals surface area (Å²) in [6.07, 6.45) is 0.607. The summed E-state index contributed by atoms with van der Waals surface area (Å²) < 4.78 is 0. The molecule has 0 aliphatic rings. The van der Waals surface area contributed by atoms with Gasteiger partial charge in [-0.2, -0.15) is 12.6 Å². The molecule has 0 saturated heterocycles. The Morgan fingerprint density at radius 2 is 1.41 bits per heavy atom. The first-order valence-electron chi connectivity index (χ1n) is 10.4. The fourth-order valence-electron chi connectivity index (χ4n) is 2.70. The molecule has 0 aromatic carbocycles. The van der Waals surface area contributed by atoms with Gasteiger partial charge in [-0.25, -0.2) is 4.79 Å². The van der Waals surface area contributed by atoms with E-state index in [1.54, 1.807) is 13.8 Å². The van der Waals surface area contributed by atoms with Crippen LogP contribution in [0.1, 0.15) is 46.0 Å². The second kappa shape index (κ2) is 15.4. The normalized spacial score (nSPS) is 14.7. The van der Waals surface area contributed by atoms with E-state index in [0.29, 0.717) is 19.4 Å². The number of aliphatic carboxylic acids is 2. The average Bonchev–Trinajstić information content (AvgIpc) is 2.72. The lowest BCUT2D eigenvalue weighted by molar-refractivity contribution is -0.144. The minimum Gasteiger partial charge on any atom is -0.481 e. The van der Waals surface area contributed by atoms with Crippen LogP contribution in [-0.4, -0.2) is 76.3 Å². The highest BCUT2D eigenvalue weighted by molar-refractivity contribution is 7.80. The monoisotopic (exact) mass is 477 g/mol. The van der Waals surface area contributed by atoms with Crippen LogP contribution in [0.25, 0.3) is 0 Å². The van der Waals surface area contributed by atoms with Gasteiger partial charge in [-0.1, -0.05) is 13.8 Å². The van der Waals surface area contributed by atoms with Crippen molar-refractivity contribution in [3.63, 3.8) is 0 Å². The lowest BCUT2D eigenvalue weighted by atomic mass is 10.0. The van der Waals surface area contributed by atoms with Gasteiger partial charge in [-0.15, -0.1) is 0 Å². The number of unbranched alkanes of at least 4 members (excludes halogenated alkanes) is 1. The standard InChI is InChI=1S/C19H35N5O7S/c1-10(2)15(19(30)31)24-18(29)13(6-7-14(25)26)23-17(28)12(5-3-4-8-20)22-16(27)11(21)9-32/h10-13,15,32H,3-9,20-21H2,1-2H3,(H,22,27)(H,23,28)(H,24,29)(H,25,26)(H,30,31). The van der Waals surface area contributed by atoms with Gasteiger partial charge in [0.1, 0.15) is 18.1 Å². The van der Waals surface area contributed by atoms with Crippen molar-refractivity contribution in [3.05, 3.63) is 0 Å². The van der Waals surface area contributed by atoms with Crippen molar-refractivity contribution in [1.82, 2.24) is 16.0 Å². The molecule has 0 bridgehead atoms. The molecule has 3 amide bonds. The van der Waals surface area contributed by atoms with Crippen molar-refractivity contribution in [2.24, 2.45) is 17.4 Å². The highest BCUT2D eigenvalue weighted by Gasteiger charge is 2.31. The molecule has 184 valence electrons. The summed E-state index contributed by atoms with van der Waals surface area (Å²) in [4.78, 5) is 60.0. The first-order chi connectivity index (χ1) is 14.9. The van der Waals surface area contributed by atoms with Crippen molar-refractivity contribution >= 4 is 42.3 Å². The first kappa shape index (κ1) is 29.6. The predicted octanol–water partition coefficient (Wildman–Crippen LogP) is -1.57. The number of hydrogen-bond donors (Lipinski definition) is 8. The van der Waals surface area contributed by atoms with E-state index in [-0.39, 0.29) is 18.6 Å². The number of hydrogen-bond acceptors (Lipinski definition) is 8. The molecule has 12 nitrogen and oxygen atoms in total. The Labute approximate surface area is 192 Å². The van der Waals surface area contributed by atoms with Crippen LogP contribution in [0, 0.1) is 5.92 Å².